The van der Waals surface area contributed by atoms with Gasteiger partial charge in [0.25, 0.3) is 7.82 Å². The molecule has 2 aliphatic rings. The number of imidazole rings is 1. The average molecular weight is 559 g/mol. The maximum Gasteiger partial charge on any atom is 0.320 e. The second-order valence-corrected chi connectivity index (χ2v) is 10.1. The fourth-order valence-corrected chi connectivity index (χ4v) is 4.72. The number of carbonyl (C=O) groups is 1. The van der Waals surface area contributed by atoms with E-state index in [-0.39, 0.29) is 5.82 Å². The lowest BCUT2D eigenvalue weighted by molar-refractivity contribution is -0.223. The minimum atomic E-state index is -5.00. The zero-order valence-electron chi connectivity index (χ0n) is 21.0. The predicted molar refractivity (Wildman–Crippen MR) is 136 cm³/mol. The first-order valence-electron chi connectivity index (χ1n) is 12.4. The first kappa shape index (κ1) is 27.3. The molecule has 6 atom stereocenters. The van der Waals surface area contributed by atoms with Crippen LogP contribution in [0.5, 0.6) is 0 Å². The number of unbranched alkanes of at least 4 members (excludes halogenated alkanes) is 1. The number of nitrogens with one attached hydrogen (secondary N) is 2. The molecule has 2 saturated heterocycles. The average Bonchev–Trinajstić information content (AvgIpc) is 3.61. The number of nitrogens with zero attached hydrogens (tertiary/aromatic N) is 4. The van der Waals surface area contributed by atoms with Gasteiger partial charge in [0.05, 0.1) is 12.9 Å². The number of carbonyl (C=O) groups excluding carboxylic acids is 1. The monoisotopic (exact) mass is 559 g/mol. The molecule has 0 saturated carbocycles. The van der Waals surface area contributed by atoms with Crippen molar-refractivity contribution < 1.29 is 37.9 Å². The van der Waals surface area contributed by atoms with Crippen molar-refractivity contribution in [3.63, 3.8) is 0 Å². The number of anilines is 1. The first-order valence-corrected chi connectivity index (χ1v) is 13.9. The molecule has 0 aliphatic carbocycles. The molecule has 2 aromatic heterocycles. The third-order valence-electron chi connectivity index (χ3n) is 6.20. The normalized spacial score (nSPS) is 26.1. The molecule has 0 spiro atoms. The molecule has 3 aromatic rings. The summed E-state index contributed by atoms with van der Waals surface area (Å²) >= 11 is 0. The highest BCUT2D eigenvalue weighted by Gasteiger charge is 2.53. The van der Waals surface area contributed by atoms with E-state index in [9.17, 15) is 14.3 Å². The molecule has 2 fully saturated rings. The first-order chi connectivity index (χ1) is 18.8. The van der Waals surface area contributed by atoms with Crippen LogP contribution >= 0.6 is 7.82 Å². The molecule has 208 valence electrons. The van der Waals surface area contributed by atoms with Gasteiger partial charge >= 0.3 is 6.03 Å². The van der Waals surface area contributed by atoms with E-state index < -0.39 is 51.3 Å². The van der Waals surface area contributed by atoms with Gasteiger partial charge in [-0.15, -0.1) is 0 Å². The van der Waals surface area contributed by atoms with Crippen LogP contribution in [0.1, 0.15) is 31.6 Å². The van der Waals surface area contributed by atoms with Crippen molar-refractivity contribution in [3.05, 3.63) is 54.6 Å². The van der Waals surface area contributed by atoms with E-state index in [0.717, 1.165) is 18.4 Å². The second-order valence-electron chi connectivity index (χ2n) is 8.95. The van der Waals surface area contributed by atoms with Gasteiger partial charge in [-0.05, 0) is 18.1 Å². The van der Waals surface area contributed by atoms with Crippen LogP contribution in [-0.2, 0) is 23.3 Å². The fourth-order valence-electron chi connectivity index (χ4n) is 4.39. The molecule has 2 amide bonds. The standard InChI is InChI=1S/C24H29N6O8P/c1-2-3-11-25-24(31)29-21-18-22(27-13-26-21)30(14-28-18)23-20-19(16(36-23)12-35-39(32,33)34)37-17(38-20)10-9-15-7-5-4-6-8-15/h4-10,13-14,16-17,19-20,23H,2-3,11-12H2,1H3,(H2,32,33,34)(H2,25,26,27,29,31)/p-1/b10-9+/t16-,17?,19+,20?,23-/m1/s1. The van der Waals surface area contributed by atoms with Crippen molar-refractivity contribution in [1.29, 1.82) is 0 Å². The number of phosphoric acid groups is 1. The van der Waals surface area contributed by atoms with Crippen LogP contribution in [0, 0.1) is 0 Å². The summed E-state index contributed by atoms with van der Waals surface area (Å²) in [6, 6.07) is 9.15. The van der Waals surface area contributed by atoms with Gasteiger partial charge in [0.1, 0.15) is 24.6 Å². The van der Waals surface area contributed by atoms with Crippen LogP contribution in [0.2, 0.25) is 0 Å². The summed E-state index contributed by atoms with van der Waals surface area (Å²) in [5.74, 6) is 0.210. The maximum atomic E-state index is 12.3. The third kappa shape index (κ3) is 6.50. The van der Waals surface area contributed by atoms with Gasteiger partial charge in [-0.3, -0.25) is 14.4 Å². The summed E-state index contributed by atoms with van der Waals surface area (Å²) in [7, 11) is -5.00. The van der Waals surface area contributed by atoms with Crippen LogP contribution in [0.25, 0.3) is 17.2 Å². The number of hydrogen-bond donors (Lipinski definition) is 3. The van der Waals surface area contributed by atoms with E-state index in [0.29, 0.717) is 17.7 Å². The van der Waals surface area contributed by atoms with Crippen molar-refractivity contribution in [1.82, 2.24) is 24.8 Å². The number of aromatic nitrogens is 4. The lowest BCUT2D eigenvalue weighted by Crippen LogP contribution is -2.32. The number of fused-ring (bicyclic) bond motifs is 2. The highest BCUT2D eigenvalue weighted by Crippen LogP contribution is 2.42. The number of amides is 2. The fraction of sp³-hybridized carbons (Fsp3) is 0.417. The molecular weight excluding hydrogens is 531 g/mol. The minimum Gasteiger partial charge on any atom is -0.756 e. The third-order valence-corrected chi connectivity index (χ3v) is 6.67. The van der Waals surface area contributed by atoms with E-state index >= 15 is 0 Å². The van der Waals surface area contributed by atoms with Crippen molar-refractivity contribution in [2.45, 2.75) is 50.6 Å². The smallest absolute Gasteiger partial charge is 0.320 e. The Morgan fingerprint density at radius 3 is 2.77 bits per heavy atom. The van der Waals surface area contributed by atoms with Gasteiger partial charge in [0.15, 0.2) is 29.5 Å². The summed E-state index contributed by atoms with van der Waals surface area (Å²) in [6.07, 6.45) is 4.19. The SMILES string of the molecule is CCCCNC(=O)Nc1ncnc2c1ncn2[C@@H]1O[C@H](COP(=O)([O-])O)[C@@H]2OC(/C=C/c3ccccc3)OC21. The second kappa shape index (κ2) is 11.9. The van der Waals surface area contributed by atoms with Crippen LogP contribution in [0.4, 0.5) is 10.6 Å². The van der Waals surface area contributed by atoms with Crippen molar-refractivity contribution in [2.75, 3.05) is 18.5 Å². The Labute approximate surface area is 223 Å². The topological polar surface area (TPSA) is 182 Å². The lowest BCUT2D eigenvalue weighted by atomic mass is 10.1. The lowest BCUT2D eigenvalue weighted by Gasteiger charge is -2.22. The van der Waals surface area contributed by atoms with Gasteiger partial charge in [0, 0.05) is 6.54 Å². The van der Waals surface area contributed by atoms with Gasteiger partial charge in [-0.25, -0.2) is 19.7 Å². The number of hydrogen-bond acceptors (Lipinski definition) is 10. The molecule has 5 rings (SSSR count). The molecule has 0 bridgehead atoms. The Balaban J connectivity index is 1.38. The number of ether oxygens (including phenoxy) is 3. The minimum absolute atomic E-state index is 0.210. The van der Waals surface area contributed by atoms with Gasteiger partial charge < -0.3 is 33.8 Å². The van der Waals surface area contributed by atoms with E-state index in [2.05, 4.69) is 30.1 Å². The van der Waals surface area contributed by atoms with Crippen LogP contribution < -0.4 is 15.5 Å². The quantitative estimate of drug-likeness (QED) is 0.244. The van der Waals surface area contributed by atoms with E-state index in [4.69, 9.17) is 19.1 Å². The highest BCUT2D eigenvalue weighted by molar-refractivity contribution is 7.44. The summed E-state index contributed by atoms with van der Waals surface area (Å²) in [5, 5.41) is 5.44. The molecule has 14 nitrogen and oxygen atoms in total. The van der Waals surface area contributed by atoms with E-state index in [1.165, 1.54) is 12.7 Å². The molecule has 3 unspecified atom stereocenters. The van der Waals surface area contributed by atoms with Crippen molar-refractivity contribution >= 4 is 36.9 Å². The Morgan fingerprint density at radius 1 is 1.21 bits per heavy atom. The highest BCUT2D eigenvalue weighted by atomic mass is 31.2. The number of benzene rings is 1. The summed E-state index contributed by atoms with van der Waals surface area (Å²) in [6.45, 7) is 2.06. The van der Waals surface area contributed by atoms with Gasteiger partial charge in [0.2, 0.25) is 0 Å². The van der Waals surface area contributed by atoms with Gasteiger partial charge in [-0.2, -0.15) is 0 Å². The molecular formula is C24H28N6O8P-. The molecule has 3 N–H and O–H groups in total. The number of rotatable bonds is 10. The molecule has 2 aliphatic heterocycles. The molecule has 1 aromatic carbocycles. The Morgan fingerprint density at radius 2 is 2.00 bits per heavy atom. The molecule has 0 radical (unpaired) electrons. The van der Waals surface area contributed by atoms with Crippen LogP contribution in [-0.4, -0.2) is 68.2 Å². The number of phosphoric ester groups is 1. The predicted octanol–water partition coefficient (Wildman–Crippen LogP) is 1.95. The summed E-state index contributed by atoms with van der Waals surface area (Å²) in [5.41, 5.74) is 1.61. The largest absolute Gasteiger partial charge is 0.756 e. The zero-order valence-corrected chi connectivity index (χ0v) is 21.8. The van der Waals surface area contributed by atoms with Crippen LogP contribution in [0.15, 0.2) is 49.1 Å². The van der Waals surface area contributed by atoms with Gasteiger partial charge in [-0.1, -0.05) is 49.8 Å². The maximum absolute atomic E-state index is 12.3. The summed E-state index contributed by atoms with van der Waals surface area (Å²) in [4.78, 5) is 45.5. The molecule has 15 heteroatoms. The summed E-state index contributed by atoms with van der Waals surface area (Å²) < 4.78 is 35.7. The van der Waals surface area contributed by atoms with E-state index in [1.807, 2.05) is 43.3 Å². The Bertz CT molecular complexity index is 1370. The van der Waals surface area contributed by atoms with E-state index in [1.54, 1.807) is 10.6 Å². The van der Waals surface area contributed by atoms with Crippen LogP contribution in [0.3, 0.4) is 0 Å². The Kier molecular flexibility index (Phi) is 8.33. The molecule has 39 heavy (non-hydrogen) atoms. The Hall–Kier alpha value is -3.23. The molecule has 4 heterocycles. The van der Waals surface area contributed by atoms with Crippen molar-refractivity contribution in [2.24, 2.45) is 0 Å². The van der Waals surface area contributed by atoms with Crippen molar-refractivity contribution in [3.8, 4) is 0 Å². The number of urea groups is 1. The zero-order chi connectivity index (χ0) is 27.4.